The third-order valence-electron chi connectivity index (χ3n) is 8.47. The quantitative estimate of drug-likeness (QED) is 0.362. The molecule has 1 amide bonds. The fourth-order valence-corrected chi connectivity index (χ4v) is 7.13. The van der Waals surface area contributed by atoms with Crippen molar-refractivity contribution < 1.29 is 9.53 Å². The van der Waals surface area contributed by atoms with Gasteiger partial charge in [-0.3, -0.25) is 0 Å². The van der Waals surface area contributed by atoms with E-state index < -0.39 is 0 Å². The number of alkyl carbamates (subject to hydrolysis) is 1. The Morgan fingerprint density at radius 2 is 1.74 bits per heavy atom. The monoisotopic (exact) mass is 508 g/mol. The molecule has 0 radical (unpaired) electrons. The molecule has 1 heterocycles. The van der Waals surface area contributed by atoms with Crippen molar-refractivity contribution in [1.82, 2.24) is 15.3 Å². The van der Waals surface area contributed by atoms with Crippen molar-refractivity contribution in [3.05, 3.63) is 78.0 Å². The topological polar surface area (TPSA) is 112 Å². The number of carbonyl (C=O) groups excluding carboxylic acids is 1. The number of nitrogens with one attached hydrogen (secondary N) is 3. The average molecular weight is 509 g/mol. The van der Waals surface area contributed by atoms with Crippen LogP contribution in [0.5, 0.6) is 0 Å². The van der Waals surface area contributed by atoms with E-state index >= 15 is 0 Å². The summed E-state index contributed by atoms with van der Waals surface area (Å²) in [6, 6.07) is 21.9. The number of hydrogen-bond donors (Lipinski definition) is 3. The summed E-state index contributed by atoms with van der Waals surface area (Å²) in [6.45, 7) is 1.05. The van der Waals surface area contributed by atoms with Crippen molar-refractivity contribution in [3.8, 4) is 6.07 Å². The lowest BCUT2D eigenvalue weighted by molar-refractivity contribution is -0.0683. The van der Waals surface area contributed by atoms with Crippen molar-refractivity contribution in [2.24, 2.45) is 23.2 Å². The molecule has 5 atom stereocenters. The molecule has 2 aromatic carbocycles. The highest BCUT2D eigenvalue weighted by atomic mass is 16.5. The highest BCUT2D eigenvalue weighted by molar-refractivity contribution is 5.67. The molecule has 4 aliphatic carbocycles. The summed E-state index contributed by atoms with van der Waals surface area (Å²) in [5.41, 5.74) is 2.47. The number of carbonyl (C=O) groups is 1. The van der Waals surface area contributed by atoms with Crippen LogP contribution in [0.25, 0.3) is 0 Å². The van der Waals surface area contributed by atoms with Crippen LogP contribution < -0.4 is 16.0 Å². The second kappa shape index (κ2) is 10.3. The number of anilines is 3. The van der Waals surface area contributed by atoms with Crippen molar-refractivity contribution in [1.29, 1.82) is 5.26 Å². The number of nitriles is 1. The van der Waals surface area contributed by atoms with Crippen molar-refractivity contribution in [2.75, 3.05) is 17.2 Å². The average Bonchev–Trinajstić information content (AvgIpc) is 2.94. The Hall–Kier alpha value is -4.12. The van der Waals surface area contributed by atoms with Crippen molar-refractivity contribution in [2.45, 2.75) is 44.8 Å². The van der Waals surface area contributed by atoms with E-state index in [1.165, 1.54) is 6.42 Å². The van der Waals surface area contributed by atoms with E-state index in [-0.39, 0.29) is 24.2 Å². The van der Waals surface area contributed by atoms with Gasteiger partial charge in [-0.15, -0.1) is 0 Å². The molecule has 8 nitrogen and oxygen atoms in total. The number of nitrogens with zero attached hydrogens (tertiary/aromatic N) is 3. The largest absolute Gasteiger partial charge is 0.445 e. The number of ether oxygens (including phenoxy) is 1. The van der Waals surface area contributed by atoms with Crippen molar-refractivity contribution in [3.63, 3.8) is 0 Å². The molecule has 3 N–H and O–H groups in total. The zero-order valence-corrected chi connectivity index (χ0v) is 21.3. The Kier molecular flexibility index (Phi) is 6.59. The SMILES string of the molecule is N#Cc1cnc(Nc2ccccc2)nc1NCC12CC3C[C@H](C1)C(NC(=O)OCc1ccccc1)[C@@H](C3)C2. The van der Waals surface area contributed by atoms with Crippen molar-refractivity contribution >= 4 is 23.5 Å². The highest BCUT2D eigenvalue weighted by Crippen LogP contribution is 2.60. The molecular weight excluding hydrogens is 476 g/mol. The van der Waals surface area contributed by atoms with Gasteiger partial charge in [0.15, 0.2) is 0 Å². The van der Waals surface area contributed by atoms with E-state index in [1.54, 1.807) is 6.20 Å². The van der Waals surface area contributed by atoms with Gasteiger partial charge in [-0.05, 0) is 73.0 Å². The first kappa shape index (κ1) is 24.2. The Morgan fingerprint density at radius 1 is 1.03 bits per heavy atom. The second-order valence-electron chi connectivity index (χ2n) is 11.1. The zero-order chi connectivity index (χ0) is 26.0. The summed E-state index contributed by atoms with van der Waals surface area (Å²) in [4.78, 5) is 21.6. The Balaban J connectivity index is 1.09. The van der Waals surface area contributed by atoms with Gasteiger partial charge in [0.1, 0.15) is 24.1 Å². The van der Waals surface area contributed by atoms with E-state index in [1.807, 2.05) is 60.7 Å². The summed E-state index contributed by atoms with van der Waals surface area (Å²) in [5.74, 6) is 2.60. The molecule has 7 rings (SSSR count). The number of hydrogen-bond acceptors (Lipinski definition) is 7. The number of amides is 1. The molecule has 38 heavy (non-hydrogen) atoms. The summed E-state index contributed by atoms with van der Waals surface area (Å²) < 4.78 is 5.53. The smallest absolute Gasteiger partial charge is 0.407 e. The van der Waals surface area contributed by atoms with Gasteiger partial charge in [0.2, 0.25) is 5.95 Å². The normalized spacial score (nSPS) is 26.8. The number of aromatic nitrogens is 2. The van der Waals surface area contributed by atoms with Crippen LogP contribution in [-0.4, -0.2) is 28.6 Å². The van der Waals surface area contributed by atoms with E-state index in [0.29, 0.717) is 35.1 Å². The minimum atomic E-state index is -0.323. The lowest BCUT2D eigenvalue weighted by Gasteiger charge is -2.60. The summed E-state index contributed by atoms with van der Waals surface area (Å²) in [5, 5.41) is 19.6. The van der Waals surface area contributed by atoms with Crippen LogP contribution in [0.2, 0.25) is 0 Å². The molecule has 4 fully saturated rings. The van der Waals surface area contributed by atoms with Crippen LogP contribution >= 0.6 is 0 Å². The maximum atomic E-state index is 12.6. The Bertz CT molecular complexity index is 1310. The summed E-state index contributed by atoms with van der Waals surface area (Å²) in [7, 11) is 0. The third-order valence-corrected chi connectivity index (χ3v) is 8.47. The van der Waals surface area contributed by atoms with Gasteiger partial charge in [0.25, 0.3) is 0 Å². The minimum absolute atomic E-state index is 0.146. The van der Waals surface area contributed by atoms with Crippen LogP contribution in [0.4, 0.5) is 22.2 Å². The molecule has 0 spiro atoms. The van der Waals surface area contributed by atoms with Gasteiger partial charge in [-0.2, -0.15) is 10.2 Å². The molecule has 3 unspecified atom stereocenters. The first-order chi connectivity index (χ1) is 18.6. The lowest BCUT2D eigenvalue weighted by Crippen LogP contribution is -2.60. The fraction of sp³-hybridized carbons (Fsp3) is 0.400. The standard InChI is InChI=1S/C30H32N6O2/c31-16-24-17-32-28(34-25-9-5-2-6-10-25)36-27(24)33-19-30-13-21-11-22(14-30)26(23(12-21)15-30)35-29(37)38-18-20-7-3-1-4-8-20/h1-10,17,21-23,26H,11-15,18-19H2,(H,35,37)(H2,32,33,34,36)/t21?,22-,23+,26?,30?. The van der Waals surface area contributed by atoms with Crippen LogP contribution in [0.15, 0.2) is 66.9 Å². The van der Waals surface area contributed by atoms with E-state index in [9.17, 15) is 10.1 Å². The number of rotatable bonds is 8. The van der Waals surface area contributed by atoms with Gasteiger partial charge >= 0.3 is 6.09 Å². The van der Waals surface area contributed by atoms with Crippen LogP contribution in [-0.2, 0) is 11.3 Å². The molecule has 4 saturated carbocycles. The lowest BCUT2D eigenvalue weighted by atomic mass is 9.48. The van der Waals surface area contributed by atoms with Gasteiger partial charge < -0.3 is 20.7 Å². The maximum absolute atomic E-state index is 12.6. The molecule has 8 heteroatoms. The second-order valence-corrected chi connectivity index (χ2v) is 11.1. The van der Waals surface area contributed by atoms with E-state index in [4.69, 9.17) is 4.74 Å². The Morgan fingerprint density at radius 3 is 2.45 bits per heavy atom. The Labute approximate surface area is 222 Å². The number of para-hydroxylation sites is 1. The number of benzene rings is 2. The van der Waals surface area contributed by atoms with Crippen LogP contribution in [0.1, 0.15) is 43.2 Å². The molecule has 194 valence electrons. The maximum Gasteiger partial charge on any atom is 0.407 e. The van der Waals surface area contributed by atoms with E-state index in [2.05, 4.69) is 32.0 Å². The molecule has 0 saturated heterocycles. The molecule has 1 aromatic heterocycles. The summed E-state index contributed by atoms with van der Waals surface area (Å²) in [6.07, 6.45) is 6.85. The third kappa shape index (κ3) is 5.14. The first-order valence-electron chi connectivity index (χ1n) is 13.4. The van der Waals surface area contributed by atoms with Gasteiger partial charge in [0.05, 0.1) is 6.20 Å². The van der Waals surface area contributed by atoms with Crippen LogP contribution in [0, 0.1) is 34.5 Å². The molecule has 3 aromatic rings. The van der Waals surface area contributed by atoms with E-state index in [0.717, 1.165) is 43.5 Å². The predicted octanol–water partition coefficient (Wildman–Crippen LogP) is 5.63. The van der Waals surface area contributed by atoms with Gasteiger partial charge in [0, 0.05) is 18.3 Å². The molecule has 0 aliphatic heterocycles. The molecular formula is C30H32N6O2. The first-order valence-corrected chi connectivity index (χ1v) is 13.4. The molecule has 4 aliphatic rings. The summed E-state index contributed by atoms with van der Waals surface area (Å²) >= 11 is 0. The predicted molar refractivity (Wildman–Crippen MR) is 145 cm³/mol. The van der Waals surface area contributed by atoms with Gasteiger partial charge in [-0.1, -0.05) is 48.5 Å². The van der Waals surface area contributed by atoms with Crippen LogP contribution in [0.3, 0.4) is 0 Å². The van der Waals surface area contributed by atoms with Gasteiger partial charge in [-0.25, -0.2) is 9.78 Å². The minimum Gasteiger partial charge on any atom is -0.445 e. The molecule has 4 bridgehead atoms. The fourth-order valence-electron chi connectivity index (χ4n) is 7.13. The zero-order valence-electron chi connectivity index (χ0n) is 21.3. The highest BCUT2D eigenvalue weighted by Gasteiger charge is 2.55.